The van der Waals surface area contributed by atoms with Gasteiger partial charge in [-0.2, -0.15) is 0 Å². The largest absolute Gasteiger partial charge is 1.00 e. The Bertz CT molecular complexity index is 606. The van der Waals surface area contributed by atoms with Gasteiger partial charge in [-0.25, -0.2) is 0 Å². The molecule has 0 fully saturated rings. The van der Waals surface area contributed by atoms with Gasteiger partial charge in [0.05, 0.1) is 0 Å². The molecule has 0 bridgehead atoms. The molecule has 0 radical (unpaired) electrons. The summed E-state index contributed by atoms with van der Waals surface area (Å²) in [5.74, 6) is 1.19. The summed E-state index contributed by atoms with van der Waals surface area (Å²) >= 11 is -0.582. The van der Waals surface area contributed by atoms with Gasteiger partial charge in [0.2, 0.25) is 0 Å². The fraction of sp³-hybridized carbons (Fsp3) is 0.500. The van der Waals surface area contributed by atoms with Gasteiger partial charge in [-0.1, -0.05) is 0 Å². The summed E-state index contributed by atoms with van der Waals surface area (Å²) in [5.41, 5.74) is 0. The Morgan fingerprint density at radius 1 is 1.17 bits per heavy atom. The standard InChI is InChI=1S/C16H24O2Si2.2ClH.Zr/c1-6-17-20(5,14-10-7-8-11-14)16-13-9-12-15(16)18-19(2,3)4;;;/h7,10,12H,6,8-9H2,1-5H3;2*1H;/q;;;+2/p-2. The second kappa shape index (κ2) is 7.88. The van der Waals surface area contributed by atoms with E-state index in [1.165, 1.54) is 17.4 Å². The Balaban J connectivity index is 0.00000132. The van der Waals surface area contributed by atoms with Crippen molar-refractivity contribution in [2.45, 2.75) is 46.0 Å². The third kappa shape index (κ3) is 4.07. The quantitative estimate of drug-likeness (QED) is 0.464. The van der Waals surface area contributed by atoms with Gasteiger partial charge in [-0.15, -0.1) is 0 Å². The summed E-state index contributed by atoms with van der Waals surface area (Å²) in [4.78, 5) is 0. The van der Waals surface area contributed by atoms with Crippen molar-refractivity contribution in [1.82, 2.24) is 0 Å². The van der Waals surface area contributed by atoms with Crippen molar-refractivity contribution in [3.05, 3.63) is 40.9 Å². The Labute approximate surface area is 166 Å². The van der Waals surface area contributed by atoms with E-state index in [1.54, 1.807) is 11.8 Å². The van der Waals surface area contributed by atoms with E-state index >= 15 is 0 Å². The van der Waals surface area contributed by atoms with Gasteiger partial charge in [0.15, 0.2) is 0 Å². The van der Waals surface area contributed by atoms with Crippen LogP contribution in [0.25, 0.3) is 0 Å². The first-order chi connectivity index (χ1) is 9.85. The second-order valence-corrected chi connectivity index (χ2v) is 18.3. The topological polar surface area (TPSA) is 18.5 Å². The second-order valence-electron chi connectivity index (χ2n) is 6.93. The minimum Gasteiger partial charge on any atom is -1.00 e. The van der Waals surface area contributed by atoms with Gasteiger partial charge >= 0.3 is 142 Å². The SMILES string of the molecule is CCO[Si]1(C)C2=[C](CC=C2)[Zr+2][C]2=C1C(O[Si](C)(C)C)=CC2.[Cl-].[Cl-]. The number of halogens is 2. The Hall–Kier alpha value is 0.617. The van der Waals surface area contributed by atoms with E-state index < -0.39 is 39.9 Å². The molecule has 1 atom stereocenters. The summed E-state index contributed by atoms with van der Waals surface area (Å²) < 4.78 is 16.4. The smallest absolute Gasteiger partial charge is 1.00 e. The van der Waals surface area contributed by atoms with Crippen LogP contribution in [-0.4, -0.2) is 23.2 Å². The molecule has 3 rings (SSSR count). The third-order valence-electron chi connectivity index (χ3n) is 4.11. The van der Waals surface area contributed by atoms with E-state index in [1.807, 2.05) is 0 Å². The first-order valence-corrected chi connectivity index (χ1v) is 16.1. The number of hydrogen-bond donors (Lipinski definition) is 0. The summed E-state index contributed by atoms with van der Waals surface area (Å²) in [7, 11) is -3.58. The molecule has 0 aromatic heterocycles. The molecule has 1 unspecified atom stereocenters. The Morgan fingerprint density at radius 3 is 2.48 bits per heavy atom. The van der Waals surface area contributed by atoms with Crippen molar-refractivity contribution in [1.29, 1.82) is 0 Å². The predicted molar refractivity (Wildman–Crippen MR) is 88.2 cm³/mol. The molecule has 1 aliphatic heterocycles. The summed E-state index contributed by atoms with van der Waals surface area (Å²) in [6.45, 7) is 12.1. The number of rotatable bonds is 4. The van der Waals surface area contributed by atoms with Crippen molar-refractivity contribution < 1.29 is 56.9 Å². The van der Waals surface area contributed by atoms with Gasteiger partial charge < -0.3 is 24.8 Å². The van der Waals surface area contributed by atoms with E-state index in [0.29, 0.717) is 0 Å². The number of allylic oxidation sites excluding steroid dienone is 7. The molecule has 0 spiro atoms. The van der Waals surface area contributed by atoms with Crippen LogP contribution in [0.15, 0.2) is 40.9 Å². The van der Waals surface area contributed by atoms with Crippen LogP contribution in [0.3, 0.4) is 0 Å². The molecule has 0 aromatic rings. The van der Waals surface area contributed by atoms with Crippen LogP contribution in [0.5, 0.6) is 0 Å². The van der Waals surface area contributed by atoms with Crippen molar-refractivity contribution in [3.8, 4) is 0 Å². The first kappa shape index (κ1) is 21.7. The summed E-state index contributed by atoms with van der Waals surface area (Å²) in [6.07, 6.45) is 9.39. The van der Waals surface area contributed by atoms with Crippen molar-refractivity contribution in [2.75, 3.05) is 6.61 Å². The van der Waals surface area contributed by atoms with Crippen LogP contribution in [-0.2, 0) is 32.1 Å². The molecule has 0 saturated carbocycles. The minimum atomic E-state index is -2.02. The molecule has 1 heterocycles. The molecule has 2 aliphatic carbocycles. The fourth-order valence-electron chi connectivity index (χ4n) is 3.43. The van der Waals surface area contributed by atoms with Crippen molar-refractivity contribution >= 4 is 16.6 Å². The van der Waals surface area contributed by atoms with Crippen LogP contribution < -0.4 is 24.8 Å². The molecule has 0 N–H and O–H groups in total. The zero-order valence-electron chi connectivity index (χ0n) is 14.4. The third-order valence-corrected chi connectivity index (χ3v) is 13.8. The summed E-state index contributed by atoms with van der Waals surface area (Å²) in [6, 6.07) is 0. The average Bonchev–Trinajstić information content (AvgIpc) is 2.96. The maximum atomic E-state index is 6.44. The molecular weight excluding hydrogens is 442 g/mol. The van der Waals surface area contributed by atoms with Crippen LogP contribution in [0.1, 0.15) is 19.8 Å². The van der Waals surface area contributed by atoms with Crippen molar-refractivity contribution in [2.24, 2.45) is 0 Å². The zero-order valence-corrected chi connectivity index (χ0v) is 20.4. The maximum Gasteiger partial charge on any atom is -1.00 e. The maximum absolute atomic E-state index is 6.44. The first-order valence-electron chi connectivity index (χ1n) is 7.79. The fourth-order valence-corrected chi connectivity index (χ4v) is 15.3. The molecule has 0 aromatic carbocycles. The predicted octanol–water partition coefficient (Wildman–Crippen LogP) is -1.61. The van der Waals surface area contributed by atoms with Crippen LogP contribution in [0.4, 0.5) is 0 Å². The average molecular weight is 467 g/mol. The summed E-state index contributed by atoms with van der Waals surface area (Å²) in [5, 5.41) is 3.12. The zero-order chi connectivity index (χ0) is 15.3. The number of hydrogen-bond acceptors (Lipinski definition) is 2. The normalized spacial score (nSPS) is 24.8. The molecule has 0 amide bonds. The van der Waals surface area contributed by atoms with Gasteiger partial charge in [-0.05, 0) is 0 Å². The molecule has 126 valence electrons. The minimum absolute atomic E-state index is 0. The van der Waals surface area contributed by atoms with Gasteiger partial charge in [0, 0.05) is 0 Å². The van der Waals surface area contributed by atoms with E-state index in [9.17, 15) is 0 Å². The van der Waals surface area contributed by atoms with Crippen LogP contribution in [0.2, 0.25) is 26.2 Å². The molecular formula is C16H24Cl2O2Si2Zr. The monoisotopic (exact) mass is 464 g/mol. The molecule has 3 aliphatic rings. The van der Waals surface area contributed by atoms with Crippen LogP contribution in [0, 0.1) is 0 Å². The molecule has 7 heteroatoms. The molecule has 23 heavy (non-hydrogen) atoms. The Kier molecular flexibility index (Phi) is 7.42. The molecule has 2 nitrogen and oxygen atoms in total. The van der Waals surface area contributed by atoms with Gasteiger partial charge in [0.1, 0.15) is 0 Å². The van der Waals surface area contributed by atoms with Gasteiger partial charge in [-0.3, -0.25) is 0 Å². The van der Waals surface area contributed by atoms with Crippen LogP contribution >= 0.6 is 0 Å². The van der Waals surface area contributed by atoms with E-state index in [2.05, 4.69) is 51.3 Å². The van der Waals surface area contributed by atoms with Crippen molar-refractivity contribution in [3.63, 3.8) is 0 Å². The van der Waals surface area contributed by atoms with Gasteiger partial charge in [0.25, 0.3) is 0 Å². The van der Waals surface area contributed by atoms with E-state index in [0.717, 1.165) is 13.0 Å². The van der Waals surface area contributed by atoms with E-state index in [-0.39, 0.29) is 24.8 Å². The van der Waals surface area contributed by atoms with E-state index in [4.69, 9.17) is 8.85 Å². The molecule has 0 saturated heterocycles. The Morgan fingerprint density at radius 2 is 1.87 bits per heavy atom.